The van der Waals surface area contributed by atoms with E-state index >= 15 is 0 Å². The van der Waals surface area contributed by atoms with Crippen LogP contribution in [0.15, 0.2) is 24.3 Å². The molecule has 0 aliphatic rings. The highest BCUT2D eigenvalue weighted by Crippen LogP contribution is 2.13. The number of esters is 1. The zero-order chi connectivity index (χ0) is 16.7. The summed E-state index contributed by atoms with van der Waals surface area (Å²) in [6, 6.07) is 4.65. The van der Waals surface area contributed by atoms with E-state index in [1.165, 1.54) is 31.4 Å². The molecular weight excluding hydrogens is 289 g/mol. The molecule has 0 aromatic heterocycles. The lowest BCUT2D eigenvalue weighted by Gasteiger charge is -2.21. The number of rotatable bonds is 7. The molecule has 2 atom stereocenters. The molecule has 5 nitrogen and oxygen atoms in total. The van der Waals surface area contributed by atoms with Gasteiger partial charge in [0.05, 0.1) is 7.11 Å². The molecule has 122 valence electrons. The van der Waals surface area contributed by atoms with Crippen LogP contribution in [0.2, 0.25) is 0 Å². The van der Waals surface area contributed by atoms with E-state index in [1.807, 2.05) is 13.8 Å². The van der Waals surface area contributed by atoms with Gasteiger partial charge in [0.2, 0.25) is 0 Å². The Labute approximate surface area is 129 Å². The molecule has 1 aromatic carbocycles. The van der Waals surface area contributed by atoms with Crippen LogP contribution >= 0.6 is 0 Å². The molecule has 1 amide bonds. The first kappa shape index (κ1) is 17.9. The van der Waals surface area contributed by atoms with E-state index in [0.717, 1.165) is 0 Å². The molecule has 1 N–H and O–H groups in total. The highest BCUT2D eigenvalue weighted by atomic mass is 19.1. The van der Waals surface area contributed by atoms with Crippen LogP contribution < -0.4 is 10.1 Å². The number of carbonyl (C=O) groups excluding carboxylic acids is 2. The molecule has 1 aromatic rings. The van der Waals surface area contributed by atoms with Crippen LogP contribution in [-0.2, 0) is 14.3 Å². The third-order valence-electron chi connectivity index (χ3n) is 3.01. The van der Waals surface area contributed by atoms with E-state index in [4.69, 9.17) is 4.74 Å². The first-order valence-electron chi connectivity index (χ1n) is 7.14. The van der Waals surface area contributed by atoms with Gasteiger partial charge in [0.15, 0.2) is 6.10 Å². The van der Waals surface area contributed by atoms with Gasteiger partial charge in [0.1, 0.15) is 17.6 Å². The molecule has 0 radical (unpaired) electrons. The SMILES string of the molecule is COC(=O)[C@H](CC(C)C)NC(=O)[C@@H](C)Oc1ccc(F)cc1. The zero-order valence-corrected chi connectivity index (χ0v) is 13.3. The molecule has 0 unspecified atom stereocenters. The summed E-state index contributed by atoms with van der Waals surface area (Å²) in [5, 5.41) is 2.62. The van der Waals surface area contributed by atoms with Crippen molar-refractivity contribution in [3.05, 3.63) is 30.1 Å². The average molecular weight is 311 g/mol. The average Bonchev–Trinajstić information content (AvgIpc) is 2.47. The van der Waals surface area contributed by atoms with Gasteiger partial charge < -0.3 is 14.8 Å². The van der Waals surface area contributed by atoms with Crippen molar-refractivity contribution in [2.75, 3.05) is 7.11 Å². The third kappa shape index (κ3) is 5.71. The van der Waals surface area contributed by atoms with E-state index in [0.29, 0.717) is 12.2 Å². The summed E-state index contributed by atoms with van der Waals surface area (Å²) in [5.74, 6) is -0.705. The van der Waals surface area contributed by atoms with Crippen molar-refractivity contribution < 1.29 is 23.5 Å². The van der Waals surface area contributed by atoms with Crippen molar-refractivity contribution in [3.63, 3.8) is 0 Å². The van der Waals surface area contributed by atoms with Gasteiger partial charge >= 0.3 is 5.97 Å². The van der Waals surface area contributed by atoms with Gasteiger partial charge in [0, 0.05) is 0 Å². The molecule has 0 heterocycles. The first-order valence-corrected chi connectivity index (χ1v) is 7.14. The minimum atomic E-state index is -0.815. The molecule has 0 aliphatic carbocycles. The van der Waals surface area contributed by atoms with Crippen molar-refractivity contribution in [2.45, 2.75) is 39.3 Å². The van der Waals surface area contributed by atoms with Crippen molar-refractivity contribution >= 4 is 11.9 Å². The number of hydrogen-bond donors (Lipinski definition) is 1. The highest BCUT2D eigenvalue weighted by molar-refractivity contribution is 5.86. The number of ether oxygens (including phenoxy) is 2. The maximum absolute atomic E-state index is 12.8. The van der Waals surface area contributed by atoms with Gasteiger partial charge in [-0.2, -0.15) is 0 Å². The number of carbonyl (C=O) groups is 2. The summed E-state index contributed by atoms with van der Waals surface area (Å²) in [4.78, 5) is 23.8. The van der Waals surface area contributed by atoms with Gasteiger partial charge in [0.25, 0.3) is 5.91 Å². The van der Waals surface area contributed by atoms with E-state index < -0.39 is 24.0 Å². The second-order valence-corrected chi connectivity index (χ2v) is 5.43. The number of amides is 1. The Morgan fingerprint density at radius 2 is 1.77 bits per heavy atom. The van der Waals surface area contributed by atoms with E-state index in [-0.39, 0.29) is 11.7 Å². The Bertz CT molecular complexity index is 501. The predicted molar refractivity (Wildman–Crippen MR) is 79.9 cm³/mol. The normalized spacial score (nSPS) is 13.4. The predicted octanol–water partition coefficient (Wildman–Crippen LogP) is 2.30. The van der Waals surface area contributed by atoms with E-state index in [9.17, 15) is 14.0 Å². The molecule has 1 rings (SSSR count). The van der Waals surface area contributed by atoms with Crippen LogP contribution in [0.1, 0.15) is 27.2 Å². The maximum atomic E-state index is 12.8. The first-order chi connectivity index (χ1) is 10.3. The van der Waals surface area contributed by atoms with Crippen LogP contribution in [-0.4, -0.2) is 31.1 Å². The fourth-order valence-electron chi connectivity index (χ4n) is 1.89. The lowest BCUT2D eigenvalue weighted by molar-refractivity contribution is -0.146. The van der Waals surface area contributed by atoms with Gasteiger partial charge in [-0.15, -0.1) is 0 Å². The Balaban J connectivity index is 2.64. The number of nitrogens with one attached hydrogen (secondary N) is 1. The lowest BCUT2D eigenvalue weighted by atomic mass is 10.0. The second kappa shape index (κ2) is 8.36. The van der Waals surface area contributed by atoms with Crippen LogP contribution in [0, 0.1) is 11.7 Å². The fraction of sp³-hybridized carbons (Fsp3) is 0.500. The summed E-state index contributed by atoms with van der Waals surface area (Å²) in [6.45, 7) is 5.45. The Hall–Kier alpha value is -2.11. The highest BCUT2D eigenvalue weighted by Gasteiger charge is 2.25. The van der Waals surface area contributed by atoms with E-state index in [2.05, 4.69) is 10.1 Å². The topological polar surface area (TPSA) is 64.6 Å². The third-order valence-corrected chi connectivity index (χ3v) is 3.01. The molecule has 0 spiro atoms. The van der Waals surface area contributed by atoms with Gasteiger partial charge in [-0.1, -0.05) is 13.8 Å². The summed E-state index contributed by atoms with van der Waals surface area (Å²) in [6.07, 6.45) is -0.341. The lowest BCUT2D eigenvalue weighted by Crippen LogP contribution is -2.47. The molecule has 0 saturated heterocycles. The Morgan fingerprint density at radius 1 is 1.18 bits per heavy atom. The van der Waals surface area contributed by atoms with Crippen LogP contribution in [0.3, 0.4) is 0 Å². The van der Waals surface area contributed by atoms with Crippen LogP contribution in [0.25, 0.3) is 0 Å². The standard InChI is InChI=1S/C16H22FNO4/c1-10(2)9-14(16(20)21-4)18-15(19)11(3)22-13-7-5-12(17)6-8-13/h5-8,10-11,14H,9H2,1-4H3,(H,18,19)/t11-,14+/m1/s1. The number of hydrogen-bond acceptors (Lipinski definition) is 4. The summed E-state index contributed by atoms with van der Waals surface area (Å²) in [5.41, 5.74) is 0. The largest absolute Gasteiger partial charge is 0.481 e. The minimum Gasteiger partial charge on any atom is -0.481 e. The number of methoxy groups -OCH3 is 1. The van der Waals surface area contributed by atoms with Gasteiger partial charge in [-0.05, 0) is 43.5 Å². The second-order valence-electron chi connectivity index (χ2n) is 5.43. The molecule has 0 bridgehead atoms. The molecule has 0 saturated carbocycles. The fourth-order valence-corrected chi connectivity index (χ4v) is 1.89. The van der Waals surface area contributed by atoms with Crippen molar-refractivity contribution in [1.82, 2.24) is 5.32 Å². The van der Waals surface area contributed by atoms with Crippen LogP contribution in [0.5, 0.6) is 5.75 Å². The molecular formula is C16H22FNO4. The van der Waals surface area contributed by atoms with Crippen molar-refractivity contribution in [2.24, 2.45) is 5.92 Å². The van der Waals surface area contributed by atoms with Crippen molar-refractivity contribution in [1.29, 1.82) is 0 Å². The Kier molecular flexibility index (Phi) is 6.82. The molecule has 22 heavy (non-hydrogen) atoms. The number of halogens is 1. The number of benzene rings is 1. The minimum absolute atomic E-state index is 0.220. The van der Waals surface area contributed by atoms with Gasteiger partial charge in [-0.3, -0.25) is 4.79 Å². The molecule has 6 heteroatoms. The van der Waals surface area contributed by atoms with Gasteiger partial charge in [-0.25, -0.2) is 9.18 Å². The molecule has 0 aliphatic heterocycles. The van der Waals surface area contributed by atoms with E-state index in [1.54, 1.807) is 6.92 Å². The summed E-state index contributed by atoms with van der Waals surface area (Å²) in [7, 11) is 1.28. The zero-order valence-electron chi connectivity index (χ0n) is 13.3. The quantitative estimate of drug-likeness (QED) is 0.785. The molecule has 0 fully saturated rings. The monoisotopic (exact) mass is 311 g/mol. The van der Waals surface area contributed by atoms with Crippen LogP contribution in [0.4, 0.5) is 4.39 Å². The van der Waals surface area contributed by atoms with Crippen molar-refractivity contribution in [3.8, 4) is 5.75 Å². The summed E-state index contributed by atoms with van der Waals surface area (Å²) < 4.78 is 22.9. The maximum Gasteiger partial charge on any atom is 0.328 e. The Morgan fingerprint density at radius 3 is 2.27 bits per heavy atom. The smallest absolute Gasteiger partial charge is 0.328 e. The summed E-state index contributed by atoms with van der Waals surface area (Å²) >= 11 is 0.